The SMILES string of the molecule is O=C(Cc1cccs1)NC(NC(=O)Cc1cccs1)c1ccc(Br)cc1. The van der Waals surface area contributed by atoms with Crippen molar-refractivity contribution in [3.05, 3.63) is 79.1 Å². The fraction of sp³-hybridized carbons (Fsp3) is 0.158. The van der Waals surface area contributed by atoms with E-state index in [9.17, 15) is 9.59 Å². The van der Waals surface area contributed by atoms with Crippen LogP contribution in [0.25, 0.3) is 0 Å². The first-order valence-electron chi connectivity index (χ1n) is 7.99. The molecule has 4 nitrogen and oxygen atoms in total. The van der Waals surface area contributed by atoms with E-state index in [2.05, 4.69) is 26.6 Å². The van der Waals surface area contributed by atoms with Crippen LogP contribution in [-0.4, -0.2) is 11.8 Å². The van der Waals surface area contributed by atoms with E-state index in [0.29, 0.717) is 12.8 Å². The van der Waals surface area contributed by atoms with E-state index < -0.39 is 6.17 Å². The molecule has 0 aliphatic heterocycles. The van der Waals surface area contributed by atoms with Crippen molar-refractivity contribution in [3.8, 4) is 0 Å². The summed E-state index contributed by atoms with van der Waals surface area (Å²) in [6.07, 6.45) is 0.0276. The Bertz CT molecular complexity index is 796. The highest BCUT2D eigenvalue weighted by atomic mass is 79.9. The lowest BCUT2D eigenvalue weighted by molar-refractivity contribution is -0.123. The van der Waals surface area contributed by atoms with E-state index in [4.69, 9.17) is 0 Å². The van der Waals surface area contributed by atoms with Gasteiger partial charge in [-0.25, -0.2) is 0 Å². The van der Waals surface area contributed by atoms with Crippen molar-refractivity contribution in [2.24, 2.45) is 0 Å². The van der Waals surface area contributed by atoms with Gasteiger partial charge >= 0.3 is 0 Å². The summed E-state index contributed by atoms with van der Waals surface area (Å²) < 4.78 is 0.940. The van der Waals surface area contributed by atoms with Crippen LogP contribution in [-0.2, 0) is 22.4 Å². The van der Waals surface area contributed by atoms with Gasteiger partial charge in [0.25, 0.3) is 0 Å². The van der Waals surface area contributed by atoms with Crippen molar-refractivity contribution in [2.45, 2.75) is 19.0 Å². The molecule has 3 aromatic rings. The molecule has 134 valence electrons. The van der Waals surface area contributed by atoms with Gasteiger partial charge in [-0.05, 0) is 40.6 Å². The predicted octanol–water partition coefficient (Wildman–Crippen LogP) is 4.29. The molecule has 2 heterocycles. The van der Waals surface area contributed by atoms with Crippen LogP contribution >= 0.6 is 38.6 Å². The second kappa shape index (κ2) is 9.12. The fourth-order valence-corrected chi connectivity index (χ4v) is 4.10. The lowest BCUT2D eigenvalue weighted by Crippen LogP contribution is -2.42. The number of rotatable bonds is 7. The van der Waals surface area contributed by atoms with Gasteiger partial charge in [0.05, 0.1) is 12.8 Å². The zero-order valence-electron chi connectivity index (χ0n) is 13.8. The summed E-state index contributed by atoms with van der Waals surface area (Å²) in [5, 5.41) is 9.74. The molecular formula is C19H17BrN2O2S2. The Kier molecular flexibility index (Phi) is 6.60. The predicted molar refractivity (Wildman–Crippen MR) is 109 cm³/mol. The Morgan fingerprint density at radius 1 is 0.846 bits per heavy atom. The van der Waals surface area contributed by atoms with Gasteiger partial charge in [0.1, 0.15) is 6.17 Å². The highest BCUT2D eigenvalue weighted by Crippen LogP contribution is 2.17. The summed E-state index contributed by atoms with van der Waals surface area (Å²) in [6.45, 7) is 0. The van der Waals surface area contributed by atoms with Gasteiger partial charge < -0.3 is 10.6 Å². The normalized spacial score (nSPS) is 10.7. The molecule has 0 aliphatic carbocycles. The van der Waals surface area contributed by atoms with Crippen LogP contribution in [0.15, 0.2) is 63.8 Å². The third kappa shape index (κ3) is 5.52. The molecular weight excluding hydrogens is 432 g/mol. The van der Waals surface area contributed by atoms with Gasteiger partial charge in [0, 0.05) is 14.2 Å². The van der Waals surface area contributed by atoms with Gasteiger partial charge in [0.15, 0.2) is 0 Å². The Balaban J connectivity index is 1.69. The maximum atomic E-state index is 12.4. The second-order valence-electron chi connectivity index (χ2n) is 5.63. The van der Waals surface area contributed by atoms with Crippen molar-refractivity contribution in [1.29, 1.82) is 0 Å². The Labute approximate surface area is 168 Å². The number of carbonyl (C=O) groups excluding carboxylic acids is 2. The average molecular weight is 449 g/mol. The van der Waals surface area contributed by atoms with Crippen molar-refractivity contribution in [1.82, 2.24) is 10.6 Å². The number of benzene rings is 1. The van der Waals surface area contributed by atoms with Crippen LogP contribution in [0, 0.1) is 0 Å². The van der Waals surface area contributed by atoms with Gasteiger partial charge in [-0.3, -0.25) is 9.59 Å². The summed E-state index contributed by atoms with van der Waals surface area (Å²) in [5.74, 6) is -0.256. The third-order valence-corrected chi connectivity index (χ3v) is 5.93. The van der Waals surface area contributed by atoms with E-state index in [1.54, 1.807) is 0 Å². The van der Waals surface area contributed by atoms with E-state index >= 15 is 0 Å². The average Bonchev–Trinajstić information content (AvgIpc) is 3.29. The third-order valence-electron chi connectivity index (χ3n) is 3.64. The molecule has 2 amide bonds. The maximum absolute atomic E-state index is 12.4. The molecule has 0 atom stereocenters. The summed E-state index contributed by atoms with van der Waals surface area (Å²) in [4.78, 5) is 26.8. The lowest BCUT2D eigenvalue weighted by atomic mass is 10.1. The number of carbonyl (C=O) groups is 2. The number of nitrogens with one attached hydrogen (secondary N) is 2. The van der Waals surface area contributed by atoms with Gasteiger partial charge in [-0.1, -0.05) is 40.2 Å². The summed E-state index contributed by atoms with van der Waals surface area (Å²) in [5.41, 5.74) is 0.826. The molecule has 0 saturated carbocycles. The minimum atomic E-state index is -0.567. The quantitative estimate of drug-likeness (QED) is 0.529. The van der Waals surface area contributed by atoms with E-state index in [-0.39, 0.29) is 11.8 Å². The number of hydrogen-bond donors (Lipinski definition) is 2. The van der Waals surface area contributed by atoms with Gasteiger partial charge in [0.2, 0.25) is 11.8 Å². The molecule has 0 saturated heterocycles. The lowest BCUT2D eigenvalue weighted by Gasteiger charge is -2.21. The minimum Gasteiger partial charge on any atom is -0.332 e. The molecule has 0 aliphatic rings. The number of hydrogen-bond acceptors (Lipinski definition) is 4. The van der Waals surface area contributed by atoms with Crippen LogP contribution in [0.4, 0.5) is 0 Å². The molecule has 7 heteroatoms. The number of halogens is 1. The molecule has 3 rings (SSSR count). The Hall–Kier alpha value is -1.96. The molecule has 1 aromatic carbocycles. The number of amides is 2. The molecule has 0 bridgehead atoms. The first-order chi connectivity index (χ1) is 12.6. The highest BCUT2D eigenvalue weighted by Gasteiger charge is 2.18. The van der Waals surface area contributed by atoms with Gasteiger partial charge in [-0.15, -0.1) is 22.7 Å². The summed E-state index contributed by atoms with van der Waals surface area (Å²) in [7, 11) is 0. The van der Waals surface area contributed by atoms with E-state index in [1.807, 2.05) is 59.3 Å². The molecule has 26 heavy (non-hydrogen) atoms. The van der Waals surface area contributed by atoms with Crippen molar-refractivity contribution < 1.29 is 9.59 Å². The summed E-state index contributed by atoms with van der Waals surface area (Å²) in [6, 6.07) is 15.2. The molecule has 0 radical (unpaired) electrons. The van der Waals surface area contributed by atoms with Crippen LogP contribution in [0.5, 0.6) is 0 Å². The monoisotopic (exact) mass is 448 g/mol. The minimum absolute atomic E-state index is 0.128. The van der Waals surface area contributed by atoms with Crippen molar-refractivity contribution in [2.75, 3.05) is 0 Å². The maximum Gasteiger partial charge on any atom is 0.227 e. The summed E-state index contributed by atoms with van der Waals surface area (Å²) >= 11 is 6.48. The van der Waals surface area contributed by atoms with Crippen LogP contribution < -0.4 is 10.6 Å². The number of thiophene rings is 2. The Morgan fingerprint density at radius 2 is 1.35 bits per heavy atom. The van der Waals surface area contributed by atoms with E-state index in [1.165, 1.54) is 22.7 Å². The van der Waals surface area contributed by atoms with Crippen molar-refractivity contribution in [3.63, 3.8) is 0 Å². The first-order valence-corrected chi connectivity index (χ1v) is 10.5. The first kappa shape index (κ1) is 18.8. The van der Waals surface area contributed by atoms with Crippen LogP contribution in [0.2, 0.25) is 0 Å². The standard InChI is InChI=1S/C19H17BrN2O2S2/c20-14-7-5-13(6-8-14)19(21-17(23)11-15-3-1-9-25-15)22-18(24)12-16-4-2-10-26-16/h1-10,19H,11-12H2,(H,21,23)(H,22,24). The molecule has 2 N–H and O–H groups in total. The Morgan fingerprint density at radius 3 is 1.77 bits per heavy atom. The fourth-order valence-electron chi connectivity index (χ4n) is 2.42. The zero-order chi connectivity index (χ0) is 18.4. The molecule has 0 fully saturated rings. The molecule has 0 spiro atoms. The van der Waals surface area contributed by atoms with Crippen LogP contribution in [0.3, 0.4) is 0 Å². The largest absolute Gasteiger partial charge is 0.332 e. The van der Waals surface area contributed by atoms with E-state index in [0.717, 1.165) is 19.8 Å². The van der Waals surface area contributed by atoms with Gasteiger partial charge in [-0.2, -0.15) is 0 Å². The highest BCUT2D eigenvalue weighted by molar-refractivity contribution is 9.10. The zero-order valence-corrected chi connectivity index (χ0v) is 17.0. The smallest absolute Gasteiger partial charge is 0.227 e. The van der Waals surface area contributed by atoms with Crippen LogP contribution in [0.1, 0.15) is 21.5 Å². The topological polar surface area (TPSA) is 58.2 Å². The van der Waals surface area contributed by atoms with Crippen molar-refractivity contribution >= 4 is 50.4 Å². The molecule has 2 aromatic heterocycles. The molecule has 0 unspecified atom stereocenters. The second-order valence-corrected chi connectivity index (χ2v) is 8.61.